The molecule has 1 saturated heterocycles. The molecule has 45 heavy (non-hydrogen) atoms. The van der Waals surface area contributed by atoms with E-state index in [1.54, 1.807) is 11.0 Å². The van der Waals surface area contributed by atoms with Gasteiger partial charge in [0.05, 0.1) is 23.2 Å². The van der Waals surface area contributed by atoms with Crippen LogP contribution < -0.4 is 16.0 Å². The molecule has 2 fully saturated rings. The maximum atomic E-state index is 13.8. The first-order valence-electron chi connectivity index (χ1n) is 15.3. The molecule has 3 amide bonds. The Morgan fingerprint density at radius 3 is 2.44 bits per heavy atom. The zero-order valence-corrected chi connectivity index (χ0v) is 25.9. The predicted octanol–water partition coefficient (Wildman–Crippen LogP) is 4.24. The van der Waals surface area contributed by atoms with Crippen LogP contribution in [0.15, 0.2) is 24.3 Å². The number of amides is 3. The number of nitrogens with zero attached hydrogens (tertiary/aromatic N) is 4. The number of likely N-dealkylation sites (tertiary alicyclic amines) is 1. The average molecular weight is 632 g/mol. The van der Waals surface area contributed by atoms with Crippen molar-refractivity contribution in [2.45, 2.75) is 95.7 Å². The van der Waals surface area contributed by atoms with Crippen molar-refractivity contribution in [2.24, 2.45) is 0 Å². The second kappa shape index (κ2) is 12.5. The Morgan fingerprint density at radius 2 is 1.82 bits per heavy atom. The topological polar surface area (TPSA) is 140 Å². The van der Waals surface area contributed by atoms with Crippen LogP contribution in [0, 0.1) is 0 Å². The van der Waals surface area contributed by atoms with E-state index < -0.39 is 23.9 Å². The molecule has 14 heteroatoms. The van der Waals surface area contributed by atoms with Crippen molar-refractivity contribution in [3.8, 4) is 0 Å². The molecular formula is C31H40F3N7O4. The lowest BCUT2D eigenvalue weighted by molar-refractivity contribution is -0.137. The summed E-state index contributed by atoms with van der Waals surface area (Å²) < 4.78 is 41.0. The zero-order chi connectivity index (χ0) is 32.7. The molecule has 3 heterocycles. The van der Waals surface area contributed by atoms with E-state index in [4.69, 9.17) is 0 Å². The van der Waals surface area contributed by atoms with E-state index in [1.165, 1.54) is 17.9 Å². The first-order chi connectivity index (χ1) is 21.1. The molecule has 1 aromatic heterocycles. The number of carbonyl (C=O) groups excluding carboxylic acids is 2. The molecule has 11 nitrogen and oxygen atoms in total. The second-order valence-electron chi connectivity index (χ2n) is 13.1. The fraction of sp³-hybridized carbons (Fsp3) is 0.581. The van der Waals surface area contributed by atoms with Gasteiger partial charge in [-0.05, 0) is 76.6 Å². The Kier molecular flexibility index (Phi) is 8.98. The highest BCUT2D eigenvalue weighted by atomic mass is 19.4. The van der Waals surface area contributed by atoms with Gasteiger partial charge in [-0.1, -0.05) is 6.08 Å². The molecule has 0 radical (unpaired) electrons. The molecule has 244 valence electrons. The molecule has 4 N–H and O–H groups in total. The summed E-state index contributed by atoms with van der Waals surface area (Å²) in [6, 6.07) is 2.20. The van der Waals surface area contributed by atoms with Gasteiger partial charge < -0.3 is 30.9 Å². The summed E-state index contributed by atoms with van der Waals surface area (Å²) in [5, 5.41) is 19.2. The minimum atomic E-state index is -4.59. The monoisotopic (exact) mass is 631 g/mol. The Balaban J connectivity index is 1.42. The van der Waals surface area contributed by atoms with E-state index in [0.29, 0.717) is 37.8 Å². The summed E-state index contributed by atoms with van der Waals surface area (Å²) in [4.78, 5) is 49.4. The van der Waals surface area contributed by atoms with E-state index in [1.807, 2.05) is 0 Å². The van der Waals surface area contributed by atoms with E-state index >= 15 is 0 Å². The molecule has 1 aromatic carbocycles. The minimum absolute atomic E-state index is 0.106. The van der Waals surface area contributed by atoms with Gasteiger partial charge in [0.1, 0.15) is 11.9 Å². The van der Waals surface area contributed by atoms with Crippen LogP contribution >= 0.6 is 0 Å². The number of alkyl halides is 3. The lowest BCUT2D eigenvalue weighted by Gasteiger charge is -2.43. The highest BCUT2D eigenvalue weighted by molar-refractivity contribution is 5.94. The van der Waals surface area contributed by atoms with Crippen molar-refractivity contribution >= 4 is 40.2 Å². The van der Waals surface area contributed by atoms with Crippen molar-refractivity contribution in [3.63, 3.8) is 0 Å². The van der Waals surface area contributed by atoms with E-state index in [-0.39, 0.29) is 71.1 Å². The van der Waals surface area contributed by atoms with Gasteiger partial charge in [-0.15, -0.1) is 0 Å². The number of fused-ring (bicyclic) bond motifs is 1. The van der Waals surface area contributed by atoms with Crippen LogP contribution in [0.4, 0.5) is 23.8 Å². The highest BCUT2D eigenvalue weighted by Gasteiger charge is 2.43. The zero-order valence-electron chi connectivity index (χ0n) is 25.9. The lowest BCUT2D eigenvalue weighted by atomic mass is 9.84. The molecule has 4 atom stereocenters. The average Bonchev–Trinajstić information content (AvgIpc) is 3.30. The van der Waals surface area contributed by atoms with Crippen molar-refractivity contribution in [1.82, 2.24) is 30.4 Å². The molecular weight excluding hydrogens is 591 g/mol. The number of anilines is 1. The van der Waals surface area contributed by atoms with Gasteiger partial charge in [0.25, 0.3) is 0 Å². The third-order valence-electron chi connectivity index (χ3n) is 8.58. The van der Waals surface area contributed by atoms with Crippen molar-refractivity contribution in [3.05, 3.63) is 35.7 Å². The van der Waals surface area contributed by atoms with Crippen LogP contribution in [0.3, 0.4) is 0 Å². The first kappa shape index (κ1) is 32.5. The minimum Gasteiger partial charge on any atom is -0.465 e. The van der Waals surface area contributed by atoms with Crippen LogP contribution in [0.1, 0.15) is 71.2 Å². The fourth-order valence-corrected chi connectivity index (χ4v) is 6.62. The summed E-state index contributed by atoms with van der Waals surface area (Å²) in [7, 11) is 0. The van der Waals surface area contributed by atoms with Gasteiger partial charge in [-0.3, -0.25) is 9.59 Å². The molecule has 5 rings (SSSR count). The molecule has 0 bridgehead atoms. The molecule has 3 aliphatic rings. The Bertz CT molecular complexity index is 1510. The summed E-state index contributed by atoms with van der Waals surface area (Å²) in [5.74, 6) is 0.00498. The Labute approximate surface area is 259 Å². The number of nitrogens with one attached hydrogen (secondary N) is 3. The summed E-state index contributed by atoms with van der Waals surface area (Å²) >= 11 is 0. The molecule has 0 spiro atoms. The smallest absolute Gasteiger partial charge is 0.416 e. The Hall–Kier alpha value is -3.94. The second-order valence-corrected chi connectivity index (χ2v) is 13.1. The third kappa shape index (κ3) is 7.48. The molecule has 2 aliphatic heterocycles. The molecule has 1 aliphatic carbocycles. The van der Waals surface area contributed by atoms with Gasteiger partial charge in [0.15, 0.2) is 5.82 Å². The van der Waals surface area contributed by atoms with Gasteiger partial charge in [0.2, 0.25) is 11.8 Å². The van der Waals surface area contributed by atoms with Crippen LogP contribution in [0.2, 0.25) is 0 Å². The van der Waals surface area contributed by atoms with Crippen LogP contribution in [-0.2, 0) is 15.8 Å². The van der Waals surface area contributed by atoms with Gasteiger partial charge in [0, 0.05) is 43.5 Å². The third-order valence-corrected chi connectivity index (χ3v) is 8.58. The van der Waals surface area contributed by atoms with Crippen molar-refractivity contribution < 1.29 is 32.7 Å². The number of benzene rings is 1. The number of rotatable bonds is 6. The largest absolute Gasteiger partial charge is 0.465 e. The van der Waals surface area contributed by atoms with Gasteiger partial charge in [-0.2, -0.15) is 13.2 Å². The van der Waals surface area contributed by atoms with Crippen molar-refractivity contribution in [1.29, 1.82) is 0 Å². The molecule has 1 saturated carbocycles. The predicted molar refractivity (Wildman–Crippen MR) is 162 cm³/mol. The normalized spacial score (nSPS) is 24.5. The summed E-state index contributed by atoms with van der Waals surface area (Å²) in [5.41, 5.74) is -0.0163. The van der Waals surface area contributed by atoms with Gasteiger partial charge >= 0.3 is 12.3 Å². The maximum absolute atomic E-state index is 13.8. The standard InChI is InChI=1S/C31H40F3N7O4/c1-17(42)35-24-16-20(39-30(2,3)4)6-8-25(24)41-14-11-23(28(41)43)37-27-21-15-19(31(32,33)34)5-7-22(21)36-26(38-27)18-9-12-40(13-10-18)29(44)45/h5,7,9,15,20,23-25,39H,6,8,10-14,16H2,1-4H3,(H,35,42)(H,44,45)(H,36,37,38)/t20-,23+,24-,25+/m1/s1. The number of carboxylic acid groups (broad SMARTS) is 1. The van der Waals surface area contributed by atoms with E-state index in [0.717, 1.165) is 18.6 Å². The van der Waals surface area contributed by atoms with Crippen molar-refractivity contribution in [2.75, 3.05) is 25.0 Å². The number of hydrogen-bond acceptors (Lipinski definition) is 7. The lowest BCUT2D eigenvalue weighted by Crippen LogP contribution is -2.59. The van der Waals surface area contributed by atoms with Crippen LogP contribution in [0.5, 0.6) is 0 Å². The van der Waals surface area contributed by atoms with Gasteiger partial charge in [-0.25, -0.2) is 14.8 Å². The number of carbonyl (C=O) groups is 3. The first-order valence-corrected chi connectivity index (χ1v) is 15.3. The molecule has 2 aromatic rings. The summed E-state index contributed by atoms with van der Waals surface area (Å²) in [6.07, 6.45) is -1.01. The van der Waals surface area contributed by atoms with E-state index in [2.05, 4.69) is 46.7 Å². The SMILES string of the molecule is CC(=O)N[C@@H]1C[C@H](NC(C)(C)C)CC[C@@H]1N1CC[C@H](Nc2nc(C3=CCN(C(=O)O)CC3)nc3ccc(C(F)(F)F)cc23)C1=O. The quantitative estimate of drug-likeness (QED) is 0.371. The number of hydrogen-bond donors (Lipinski definition) is 4. The number of halogens is 3. The van der Waals surface area contributed by atoms with Crippen LogP contribution in [0.25, 0.3) is 16.5 Å². The van der Waals surface area contributed by atoms with Crippen LogP contribution in [-0.4, -0.2) is 92.1 Å². The highest BCUT2D eigenvalue weighted by Crippen LogP contribution is 2.35. The molecule has 0 unspecified atom stereocenters. The van der Waals surface area contributed by atoms with E-state index in [9.17, 15) is 32.7 Å². The number of aromatic nitrogens is 2. The maximum Gasteiger partial charge on any atom is 0.416 e. The Morgan fingerprint density at radius 1 is 1.07 bits per heavy atom. The fourth-order valence-electron chi connectivity index (χ4n) is 6.62. The summed E-state index contributed by atoms with van der Waals surface area (Å²) in [6.45, 7) is 8.52.